The topological polar surface area (TPSA) is 34.1 Å². The fourth-order valence-electron chi connectivity index (χ4n) is 1.95. The summed E-state index contributed by atoms with van der Waals surface area (Å²) in [7, 11) is 0. The molecule has 0 saturated heterocycles. The van der Waals surface area contributed by atoms with E-state index in [9.17, 15) is 9.59 Å². The highest BCUT2D eigenvalue weighted by molar-refractivity contribution is 6.42. The highest BCUT2D eigenvalue weighted by atomic mass is 35.5. The normalized spacial score (nSPS) is 21.2. The van der Waals surface area contributed by atoms with Crippen molar-refractivity contribution in [1.29, 1.82) is 0 Å². The second-order valence-corrected chi connectivity index (χ2v) is 4.76. The third-order valence-electron chi connectivity index (χ3n) is 2.82. The van der Waals surface area contributed by atoms with Crippen LogP contribution in [0.25, 0.3) is 0 Å². The van der Waals surface area contributed by atoms with Crippen molar-refractivity contribution in [2.45, 2.75) is 25.2 Å². The number of benzene rings is 1. The molecule has 1 unspecified atom stereocenters. The van der Waals surface area contributed by atoms with Crippen LogP contribution in [0.2, 0.25) is 10.0 Å². The van der Waals surface area contributed by atoms with Crippen LogP contribution in [0.4, 0.5) is 0 Å². The van der Waals surface area contributed by atoms with Crippen LogP contribution in [0.3, 0.4) is 0 Å². The molecule has 84 valence electrons. The number of hydrogen-bond acceptors (Lipinski definition) is 2. The van der Waals surface area contributed by atoms with Crippen molar-refractivity contribution in [3.05, 3.63) is 33.8 Å². The van der Waals surface area contributed by atoms with E-state index in [2.05, 4.69) is 0 Å². The second kappa shape index (κ2) is 4.56. The van der Waals surface area contributed by atoms with Gasteiger partial charge >= 0.3 is 0 Å². The zero-order valence-electron chi connectivity index (χ0n) is 8.50. The van der Waals surface area contributed by atoms with Crippen LogP contribution < -0.4 is 0 Å². The Hall–Kier alpha value is -0.860. The Labute approximate surface area is 104 Å². The Morgan fingerprint density at radius 3 is 2.50 bits per heavy atom. The van der Waals surface area contributed by atoms with E-state index in [4.69, 9.17) is 23.2 Å². The van der Waals surface area contributed by atoms with Gasteiger partial charge in [0, 0.05) is 12.3 Å². The molecular weight excluding hydrogens is 247 g/mol. The highest BCUT2D eigenvalue weighted by Crippen LogP contribution is 2.32. The number of rotatable bonds is 1. The van der Waals surface area contributed by atoms with Gasteiger partial charge in [-0.3, -0.25) is 9.59 Å². The number of carbonyl (C=O) groups is 2. The Morgan fingerprint density at radius 2 is 1.88 bits per heavy atom. The smallest absolute Gasteiger partial charge is 0.147 e. The zero-order chi connectivity index (χ0) is 11.7. The summed E-state index contributed by atoms with van der Waals surface area (Å²) in [6.07, 6.45) is 1.09. The van der Waals surface area contributed by atoms with Gasteiger partial charge in [0.25, 0.3) is 0 Å². The standard InChI is InChI=1S/C12H10Cl2O2/c13-10-4-1-7(5-11(10)14)9-3-2-8(15)6-12(9)16/h1,4-5,9H,2-3,6H2. The van der Waals surface area contributed by atoms with E-state index < -0.39 is 0 Å². The molecule has 0 N–H and O–H groups in total. The first kappa shape index (κ1) is 11.6. The summed E-state index contributed by atoms with van der Waals surface area (Å²) < 4.78 is 0. The molecule has 1 saturated carbocycles. The first-order valence-corrected chi connectivity index (χ1v) is 5.83. The molecule has 16 heavy (non-hydrogen) atoms. The summed E-state index contributed by atoms with van der Waals surface area (Å²) >= 11 is 11.7. The van der Waals surface area contributed by atoms with E-state index >= 15 is 0 Å². The van der Waals surface area contributed by atoms with Crippen molar-refractivity contribution in [2.24, 2.45) is 0 Å². The van der Waals surface area contributed by atoms with Crippen molar-refractivity contribution >= 4 is 34.8 Å². The molecule has 4 heteroatoms. The number of hydrogen-bond donors (Lipinski definition) is 0. The molecule has 0 aromatic heterocycles. The van der Waals surface area contributed by atoms with Gasteiger partial charge in [-0.15, -0.1) is 0 Å². The van der Waals surface area contributed by atoms with E-state index in [1.54, 1.807) is 18.2 Å². The van der Waals surface area contributed by atoms with Crippen LogP contribution >= 0.6 is 23.2 Å². The monoisotopic (exact) mass is 256 g/mol. The highest BCUT2D eigenvalue weighted by Gasteiger charge is 2.28. The minimum absolute atomic E-state index is 0.0189. The number of Topliss-reactive ketones (excluding diaryl/α,β-unsaturated/α-hetero) is 2. The van der Waals surface area contributed by atoms with E-state index in [0.29, 0.717) is 22.9 Å². The van der Waals surface area contributed by atoms with Gasteiger partial charge in [-0.2, -0.15) is 0 Å². The molecule has 1 aromatic carbocycles. The molecule has 0 radical (unpaired) electrons. The van der Waals surface area contributed by atoms with Gasteiger partial charge in [-0.25, -0.2) is 0 Å². The van der Waals surface area contributed by atoms with Crippen LogP contribution in [-0.4, -0.2) is 11.6 Å². The van der Waals surface area contributed by atoms with Crippen LogP contribution in [0, 0.1) is 0 Å². The average Bonchev–Trinajstić information content (AvgIpc) is 2.22. The summed E-state index contributed by atoms with van der Waals surface area (Å²) in [4.78, 5) is 22.8. The maximum Gasteiger partial charge on any atom is 0.147 e. The van der Waals surface area contributed by atoms with Crippen molar-refractivity contribution in [3.8, 4) is 0 Å². The van der Waals surface area contributed by atoms with Crippen molar-refractivity contribution in [2.75, 3.05) is 0 Å². The number of carbonyl (C=O) groups excluding carboxylic acids is 2. The fourth-order valence-corrected chi connectivity index (χ4v) is 2.26. The molecule has 0 bridgehead atoms. The lowest BCUT2D eigenvalue weighted by atomic mass is 9.82. The summed E-state index contributed by atoms with van der Waals surface area (Å²) in [5.74, 6) is -0.191. The quantitative estimate of drug-likeness (QED) is 0.722. The average molecular weight is 257 g/mol. The van der Waals surface area contributed by atoms with Crippen LogP contribution in [0.5, 0.6) is 0 Å². The summed E-state index contributed by atoms with van der Waals surface area (Å²) in [6, 6.07) is 5.19. The van der Waals surface area contributed by atoms with Gasteiger partial charge in [-0.1, -0.05) is 29.3 Å². The molecule has 0 aliphatic heterocycles. The largest absolute Gasteiger partial charge is 0.299 e. The first-order chi connectivity index (χ1) is 7.58. The zero-order valence-corrected chi connectivity index (χ0v) is 10.0. The van der Waals surface area contributed by atoms with Gasteiger partial charge in [-0.05, 0) is 24.1 Å². The third-order valence-corrected chi connectivity index (χ3v) is 3.56. The van der Waals surface area contributed by atoms with Crippen molar-refractivity contribution < 1.29 is 9.59 Å². The van der Waals surface area contributed by atoms with E-state index in [-0.39, 0.29) is 23.9 Å². The maximum absolute atomic E-state index is 11.7. The summed E-state index contributed by atoms with van der Waals surface area (Å²) in [5, 5.41) is 0.925. The van der Waals surface area contributed by atoms with Crippen molar-refractivity contribution in [3.63, 3.8) is 0 Å². The van der Waals surface area contributed by atoms with Crippen LogP contribution in [0.15, 0.2) is 18.2 Å². The number of ketones is 2. The Balaban J connectivity index is 2.27. The predicted molar refractivity (Wildman–Crippen MR) is 63.1 cm³/mol. The first-order valence-electron chi connectivity index (χ1n) is 5.07. The molecule has 2 rings (SSSR count). The molecule has 2 nitrogen and oxygen atoms in total. The number of halogens is 2. The lowest BCUT2D eigenvalue weighted by Gasteiger charge is -2.20. The van der Waals surface area contributed by atoms with Crippen molar-refractivity contribution in [1.82, 2.24) is 0 Å². The van der Waals surface area contributed by atoms with Gasteiger partial charge in [0.1, 0.15) is 11.6 Å². The molecule has 1 atom stereocenters. The molecule has 1 aliphatic rings. The molecule has 1 fully saturated rings. The summed E-state index contributed by atoms with van der Waals surface area (Å²) in [5.41, 5.74) is 0.854. The fraction of sp³-hybridized carbons (Fsp3) is 0.333. The molecule has 0 heterocycles. The second-order valence-electron chi connectivity index (χ2n) is 3.95. The third kappa shape index (κ3) is 2.28. The maximum atomic E-state index is 11.7. The Morgan fingerprint density at radius 1 is 1.12 bits per heavy atom. The lowest BCUT2D eigenvalue weighted by Crippen LogP contribution is -2.23. The van der Waals surface area contributed by atoms with Gasteiger partial charge in [0.05, 0.1) is 16.5 Å². The van der Waals surface area contributed by atoms with Gasteiger partial charge < -0.3 is 0 Å². The molecular formula is C12H10Cl2O2. The minimum Gasteiger partial charge on any atom is -0.299 e. The predicted octanol–water partition coefficient (Wildman–Crippen LogP) is 3.40. The molecule has 1 aliphatic carbocycles. The molecule has 0 amide bonds. The molecule has 0 spiro atoms. The SMILES string of the molecule is O=C1CCC(c2ccc(Cl)c(Cl)c2)C(=O)C1. The van der Waals surface area contributed by atoms with Crippen LogP contribution in [-0.2, 0) is 9.59 Å². The minimum atomic E-state index is -0.201. The van der Waals surface area contributed by atoms with E-state index in [1.165, 1.54) is 0 Å². The van der Waals surface area contributed by atoms with Gasteiger partial charge in [0.15, 0.2) is 0 Å². The van der Waals surface area contributed by atoms with E-state index in [1.807, 2.05) is 0 Å². The lowest BCUT2D eigenvalue weighted by molar-refractivity contribution is -0.130. The summed E-state index contributed by atoms with van der Waals surface area (Å²) in [6.45, 7) is 0. The molecule has 1 aromatic rings. The van der Waals surface area contributed by atoms with E-state index in [0.717, 1.165) is 5.56 Å². The van der Waals surface area contributed by atoms with Crippen LogP contribution in [0.1, 0.15) is 30.7 Å². The van der Waals surface area contributed by atoms with Gasteiger partial charge in [0.2, 0.25) is 0 Å². The Kier molecular flexibility index (Phi) is 3.31. The Bertz CT molecular complexity index is 454.